The third-order valence-corrected chi connectivity index (χ3v) is 5.56. The normalized spacial score (nSPS) is 22.5. The fourth-order valence-electron chi connectivity index (χ4n) is 3.74. The van der Waals surface area contributed by atoms with Gasteiger partial charge >= 0.3 is 0 Å². The predicted molar refractivity (Wildman–Crippen MR) is 99.5 cm³/mol. The number of nitrogens with zero attached hydrogens (tertiary/aromatic N) is 3. The number of hydrogen-bond acceptors (Lipinski definition) is 4. The minimum absolute atomic E-state index is 0.687. The quantitative estimate of drug-likeness (QED) is 0.760. The molecule has 2 aliphatic heterocycles. The SMILES string of the molecule is CC(CCc1ccccc1)N1CCN(CCN2CCOCC2)CC1. The Balaban J connectivity index is 1.32. The molecular weight excluding hydrogens is 298 g/mol. The van der Waals surface area contributed by atoms with Crippen molar-refractivity contribution in [1.82, 2.24) is 14.7 Å². The van der Waals surface area contributed by atoms with Crippen molar-refractivity contribution in [3.05, 3.63) is 35.9 Å². The van der Waals surface area contributed by atoms with Gasteiger partial charge in [-0.05, 0) is 25.3 Å². The molecule has 1 unspecified atom stereocenters. The Morgan fingerprint density at radius 2 is 1.50 bits per heavy atom. The lowest BCUT2D eigenvalue weighted by Crippen LogP contribution is -2.51. The highest BCUT2D eigenvalue weighted by molar-refractivity contribution is 5.14. The Morgan fingerprint density at radius 3 is 2.17 bits per heavy atom. The number of piperazine rings is 1. The van der Waals surface area contributed by atoms with Gasteiger partial charge in [-0.1, -0.05) is 30.3 Å². The van der Waals surface area contributed by atoms with Crippen molar-refractivity contribution < 1.29 is 4.74 Å². The average Bonchev–Trinajstić information content (AvgIpc) is 2.66. The summed E-state index contributed by atoms with van der Waals surface area (Å²) in [5.74, 6) is 0. The van der Waals surface area contributed by atoms with E-state index in [1.807, 2.05) is 0 Å². The second kappa shape index (κ2) is 9.52. The standard InChI is InChI=1S/C20H33N3O/c1-19(7-8-20-5-3-2-4-6-20)23-13-11-21(12-14-23)9-10-22-15-17-24-18-16-22/h2-6,19H,7-18H2,1H3. The number of aryl methyl sites for hydroxylation is 1. The van der Waals surface area contributed by atoms with Gasteiger partial charge in [-0.25, -0.2) is 0 Å². The molecule has 3 rings (SSSR count). The van der Waals surface area contributed by atoms with Crippen LogP contribution in [-0.4, -0.2) is 86.3 Å². The lowest BCUT2D eigenvalue weighted by molar-refractivity contribution is 0.0281. The van der Waals surface area contributed by atoms with Gasteiger partial charge in [0.2, 0.25) is 0 Å². The lowest BCUT2D eigenvalue weighted by atomic mass is 10.0. The number of morpholine rings is 1. The van der Waals surface area contributed by atoms with E-state index in [-0.39, 0.29) is 0 Å². The van der Waals surface area contributed by atoms with E-state index in [1.54, 1.807) is 0 Å². The fourth-order valence-corrected chi connectivity index (χ4v) is 3.74. The summed E-state index contributed by atoms with van der Waals surface area (Å²) in [6.07, 6.45) is 2.46. The van der Waals surface area contributed by atoms with Crippen LogP contribution in [0.1, 0.15) is 18.9 Å². The Morgan fingerprint density at radius 1 is 0.875 bits per heavy atom. The summed E-state index contributed by atoms with van der Waals surface area (Å²) in [5, 5.41) is 0. The minimum atomic E-state index is 0.687. The summed E-state index contributed by atoms with van der Waals surface area (Å²) < 4.78 is 5.42. The van der Waals surface area contributed by atoms with Crippen molar-refractivity contribution in [1.29, 1.82) is 0 Å². The number of hydrogen-bond donors (Lipinski definition) is 0. The molecule has 2 heterocycles. The van der Waals surface area contributed by atoms with Gasteiger partial charge in [0.1, 0.15) is 0 Å². The molecule has 0 amide bonds. The molecule has 0 N–H and O–H groups in total. The van der Waals surface area contributed by atoms with E-state index >= 15 is 0 Å². The summed E-state index contributed by atoms with van der Waals surface area (Å²) in [6, 6.07) is 11.6. The van der Waals surface area contributed by atoms with E-state index in [0.29, 0.717) is 6.04 Å². The van der Waals surface area contributed by atoms with Crippen LogP contribution in [0.3, 0.4) is 0 Å². The molecule has 24 heavy (non-hydrogen) atoms. The van der Waals surface area contributed by atoms with E-state index in [0.717, 1.165) is 26.3 Å². The molecule has 4 nitrogen and oxygen atoms in total. The molecule has 2 aliphatic rings. The van der Waals surface area contributed by atoms with E-state index in [4.69, 9.17) is 4.74 Å². The topological polar surface area (TPSA) is 19.0 Å². The van der Waals surface area contributed by atoms with Crippen LogP contribution in [0.5, 0.6) is 0 Å². The van der Waals surface area contributed by atoms with Crippen molar-refractivity contribution in [2.45, 2.75) is 25.8 Å². The number of benzene rings is 1. The molecule has 1 atom stereocenters. The molecule has 0 spiro atoms. The third-order valence-electron chi connectivity index (χ3n) is 5.56. The van der Waals surface area contributed by atoms with Crippen LogP contribution in [0.15, 0.2) is 30.3 Å². The Kier molecular flexibility index (Phi) is 7.09. The van der Waals surface area contributed by atoms with Gasteiger partial charge in [0.25, 0.3) is 0 Å². The monoisotopic (exact) mass is 331 g/mol. The van der Waals surface area contributed by atoms with Gasteiger partial charge in [-0.2, -0.15) is 0 Å². The summed E-state index contributed by atoms with van der Waals surface area (Å²) in [4.78, 5) is 7.85. The second-order valence-corrected chi connectivity index (χ2v) is 7.20. The first kappa shape index (κ1) is 17.9. The number of rotatable bonds is 7. The summed E-state index contributed by atoms with van der Waals surface area (Å²) >= 11 is 0. The van der Waals surface area contributed by atoms with Gasteiger partial charge in [-0.15, -0.1) is 0 Å². The fraction of sp³-hybridized carbons (Fsp3) is 0.700. The van der Waals surface area contributed by atoms with E-state index < -0.39 is 0 Å². The zero-order chi connectivity index (χ0) is 16.6. The van der Waals surface area contributed by atoms with Crippen LogP contribution in [0.25, 0.3) is 0 Å². The maximum atomic E-state index is 5.42. The highest BCUT2D eigenvalue weighted by Gasteiger charge is 2.21. The summed E-state index contributed by atoms with van der Waals surface area (Å²) in [7, 11) is 0. The predicted octanol–water partition coefficient (Wildman–Crippen LogP) is 1.96. The smallest absolute Gasteiger partial charge is 0.0594 e. The Labute approximate surface area is 147 Å². The molecule has 0 radical (unpaired) electrons. The van der Waals surface area contributed by atoms with Crippen LogP contribution in [-0.2, 0) is 11.2 Å². The van der Waals surface area contributed by atoms with Gasteiger partial charge in [0, 0.05) is 58.4 Å². The molecule has 4 heteroatoms. The van der Waals surface area contributed by atoms with Gasteiger partial charge < -0.3 is 4.74 Å². The molecule has 2 saturated heterocycles. The second-order valence-electron chi connectivity index (χ2n) is 7.20. The molecular formula is C20H33N3O. The van der Waals surface area contributed by atoms with Gasteiger partial charge in [0.05, 0.1) is 13.2 Å². The van der Waals surface area contributed by atoms with Crippen molar-refractivity contribution in [2.24, 2.45) is 0 Å². The van der Waals surface area contributed by atoms with Gasteiger partial charge in [0.15, 0.2) is 0 Å². The molecule has 0 aromatic heterocycles. The zero-order valence-corrected chi connectivity index (χ0v) is 15.2. The van der Waals surface area contributed by atoms with Crippen LogP contribution in [0.2, 0.25) is 0 Å². The zero-order valence-electron chi connectivity index (χ0n) is 15.2. The largest absolute Gasteiger partial charge is 0.379 e. The van der Waals surface area contributed by atoms with E-state index in [1.165, 1.54) is 57.7 Å². The minimum Gasteiger partial charge on any atom is -0.379 e. The summed E-state index contributed by atoms with van der Waals surface area (Å²) in [6.45, 7) is 13.7. The summed E-state index contributed by atoms with van der Waals surface area (Å²) in [5.41, 5.74) is 1.47. The molecule has 134 valence electrons. The highest BCUT2D eigenvalue weighted by Crippen LogP contribution is 2.12. The molecule has 1 aromatic rings. The van der Waals surface area contributed by atoms with Gasteiger partial charge in [-0.3, -0.25) is 14.7 Å². The molecule has 0 saturated carbocycles. The first-order chi connectivity index (χ1) is 11.8. The highest BCUT2D eigenvalue weighted by atomic mass is 16.5. The first-order valence-electron chi connectivity index (χ1n) is 9.62. The number of ether oxygens (including phenoxy) is 1. The van der Waals surface area contributed by atoms with Crippen molar-refractivity contribution in [3.8, 4) is 0 Å². The lowest BCUT2D eigenvalue weighted by Gasteiger charge is -2.39. The van der Waals surface area contributed by atoms with Crippen molar-refractivity contribution >= 4 is 0 Å². The third kappa shape index (κ3) is 5.55. The maximum Gasteiger partial charge on any atom is 0.0594 e. The van der Waals surface area contributed by atoms with Crippen LogP contribution in [0.4, 0.5) is 0 Å². The van der Waals surface area contributed by atoms with Crippen LogP contribution in [0, 0.1) is 0 Å². The van der Waals surface area contributed by atoms with Crippen LogP contribution < -0.4 is 0 Å². The average molecular weight is 332 g/mol. The first-order valence-corrected chi connectivity index (χ1v) is 9.62. The molecule has 1 aromatic carbocycles. The molecule has 0 bridgehead atoms. The Bertz CT molecular complexity index is 453. The molecule has 2 fully saturated rings. The van der Waals surface area contributed by atoms with E-state index in [9.17, 15) is 0 Å². The van der Waals surface area contributed by atoms with Crippen molar-refractivity contribution in [2.75, 3.05) is 65.6 Å². The van der Waals surface area contributed by atoms with E-state index in [2.05, 4.69) is 52.0 Å². The Hall–Kier alpha value is -0.940. The molecule has 0 aliphatic carbocycles. The van der Waals surface area contributed by atoms with Crippen molar-refractivity contribution in [3.63, 3.8) is 0 Å². The maximum absolute atomic E-state index is 5.42. The van der Waals surface area contributed by atoms with Crippen LogP contribution >= 0.6 is 0 Å².